The third-order valence-electron chi connectivity index (χ3n) is 3.63. The van der Waals surface area contributed by atoms with Crippen molar-refractivity contribution in [3.63, 3.8) is 0 Å². The van der Waals surface area contributed by atoms with Gasteiger partial charge in [-0.1, -0.05) is 22.9 Å². The SMILES string of the molecule is Cc1nc(Cl)sc1S(=O)(=O)N1CC2CCC1C2. The lowest BCUT2D eigenvalue weighted by molar-refractivity contribution is 0.334. The van der Waals surface area contributed by atoms with Gasteiger partial charge in [-0.05, 0) is 32.1 Å². The van der Waals surface area contributed by atoms with Crippen LogP contribution in [0.25, 0.3) is 0 Å². The van der Waals surface area contributed by atoms with Crippen LogP contribution in [-0.2, 0) is 10.0 Å². The quantitative estimate of drug-likeness (QED) is 0.840. The predicted molar refractivity (Wildman–Crippen MR) is 66.9 cm³/mol. The minimum atomic E-state index is -3.37. The van der Waals surface area contributed by atoms with Crippen molar-refractivity contribution in [2.24, 2.45) is 5.92 Å². The molecule has 1 aromatic heterocycles. The number of piperidine rings is 1. The van der Waals surface area contributed by atoms with Crippen molar-refractivity contribution < 1.29 is 8.42 Å². The average molecular weight is 293 g/mol. The summed E-state index contributed by atoms with van der Waals surface area (Å²) in [7, 11) is -3.37. The summed E-state index contributed by atoms with van der Waals surface area (Å²) in [6, 6.07) is 0.199. The van der Waals surface area contributed by atoms with Crippen LogP contribution in [0.5, 0.6) is 0 Å². The number of sulfonamides is 1. The van der Waals surface area contributed by atoms with Crippen LogP contribution in [0.3, 0.4) is 0 Å². The molecule has 1 saturated heterocycles. The van der Waals surface area contributed by atoms with Gasteiger partial charge in [0.15, 0.2) is 8.68 Å². The van der Waals surface area contributed by atoms with Gasteiger partial charge < -0.3 is 0 Å². The highest BCUT2D eigenvalue weighted by Crippen LogP contribution is 2.42. The second-order valence-electron chi connectivity index (χ2n) is 4.75. The molecule has 0 aromatic carbocycles. The molecule has 94 valence electrons. The Labute approximate surface area is 110 Å². The Kier molecular flexibility index (Phi) is 2.74. The third kappa shape index (κ3) is 1.82. The van der Waals surface area contributed by atoms with Crippen molar-refractivity contribution in [1.82, 2.24) is 9.29 Å². The maximum Gasteiger partial charge on any atom is 0.254 e. The fourth-order valence-electron chi connectivity index (χ4n) is 2.87. The van der Waals surface area contributed by atoms with E-state index in [2.05, 4.69) is 4.98 Å². The monoisotopic (exact) mass is 292 g/mol. The van der Waals surface area contributed by atoms with Gasteiger partial charge in [0.25, 0.3) is 10.0 Å². The molecule has 2 atom stereocenters. The highest BCUT2D eigenvalue weighted by atomic mass is 35.5. The fourth-order valence-corrected chi connectivity index (χ4v) is 6.46. The second kappa shape index (κ2) is 3.91. The van der Waals surface area contributed by atoms with Gasteiger partial charge in [-0.3, -0.25) is 0 Å². The Morgan fingerprint density at radius 3 is 2.71 bits per heavy atom. The van der Waals surface area contributed by atoms with E-state index in [1.54, 1.807) is 11.2 Å². The van der Waals surface area contributed by atoms with E-state index < -0.39 is 10.0 Å². The molecule has 1 aliphatic heterocycles. The van der Waals surface area contributed by atoms with Crippen LogP contribution in [0.15, 0.2) is 4.21 Å². The molecule has 2 bridgehead atoms. The number of hydrogen-bond acceptors (Lipinski definition) is 4. The summed E-state index contributed by atoms with van der Waals surface area (Å²) in [6.45, 7) is 2.37. The van der Waals surface area contributed by atoms with Gasteiger partial charge >= 0.3 is 0 Å². The molecule has 7 heteroatoms. The number of rotatable bonds is 2. The molecule has 0 spiro atoms. The molecule has 2 fully saturated rings. The van der Waals surface area contributed by atoms with Crippen LogP contribution in [-0.4, -0.2) is 30.3 Å². The summed E-state index contributed by atoms with van der Waals surface area (Å²) < 4.78 is 27.3. The third-order valence-corrected chi connectivity index (χ3v) is 7.40. The summed E-state index contributed by atoms with van der Waals surface area (Å²) in [5, 5.41) is 0. The minimum absolute atomic E-state index is 0.199. The van der Waals surface area contributed by atoms with Crippen molar-refractivity contribution in [2.75, 3.05) is 6.54 Å². The van der Waals surface area contributed by atoms with Gasteiger partial charge in [-0.2, -0.15) is 4.31 Å². The Hall–Kier alpha value is -0.170. The van der Waals surface area contributed by atoms with Crippen molar-refractivity contribution in [3.05, 3.63) is 10.2 Å². The van der Waals surface area contributed by atoms with Crippen LogP contribution < -0.4 is 0 Å². The Bertz CT molecular complexity index is 555. The number of thiazole rings is 1. The van der Waals surface area contributed by atoms with Crippen molar-refractivity contribution in [1.29, 1.82) is 0 Å². The Morgan fingerprint density at radius 2 is 2.24 bits per heavy atom. The van der Waals surface area contributed by atoms with Gasteiger partial charge in [0.05, 0.1) is 5.69 Å². The zero-order chi connectivity index (χ0) is 12.2. The van der Waals surface area contributed by atoms with Crippen LogP contribution in [0.2, 0.25) is 4.47 Å². The van der Waals surface area contributed by atoms with Gasteiger partial charge in [0.2, 0.25) is 0 Å². The van der Waals surface area contributed by atoms with Crippen molar-refractivity contribution >= 4 is 33.0 Å². The highest BCUT2D eigenvalue weighted by Gasteiger charge is 2.45. The number of aryl methyl sites for hydroxylation is 1. The molecule has 0 amide bonds. The van der Waals surface area contributed by atoms with E-state index in [4.69, 9.17) is 11.6 Å². The zero-order valence-corrected chi connectivity index (χ0v) is 11.8. The second-order valence-corrected chi connectivity index (χ2v) is 8.41. The molecule has 1 saturated carbocycles. The lowest BCUT2D eigenvalue weighted by atomic mass is 10.1. The van der Waals surface area contributed by atoms with Gasteiger partial charge in [0.1, 0.15) is 0 Å². The molecule has 1 aromatic rings. The summed E-state index contributed by atoms with van der Waals surface area (Å²) in [5.74, 6) is 0.554. The van der Waals surface area contributed by atoms with Crippen LogP contribution in [0.4, 0.5) is 0 Å². The van der Waals surface area contributed by atoms with Crippen LogP contribution in [0, 0.1) is 12.8 Å². The number of fused-ring (bicyclic) bond motifs is 2. The molecule has 3 rings (SSSR count). The largest absolute Gasteiger partial charge is 0.254 e. The standard InChI is InChI=1S/C10H13ClN2O2S2/c1-6-9(16-10(11)12-6)17(14,15)13-5-7-2-3-8(13)4-7/h7-8H,2-5H2,1H3. The zero-order valence-electron chi connectivity index (χ0n) is 9.39. The number of halogens is 1. The topological polar surface area (TPSA) is 50.3 Å². The first-order valence-electron chi connectivity index (χ1n) is 5.63. The van der Waals surface area contributed by atoms with E-state index in [-0.39, 0.29) is 6.04 Å². The molecule has 17 heavy (non-hydrogen) atoms. The predicted octanol–water partition coefficient (Wildman–Crippen LogP) is 2.28. The molecule has 4 nitrogen and oxygen atoms in total. The smallest absolute Gasteiger partial charge is 0.229 e. The first-order chi connectivity index (χ1) is 7.98. The summed E-state index contributed by atoms with van der Waals surface area (Å²) >= 11 is 6.84. The fraction of sp³-hybridized carbons (Fsp3) is 0.700. The summed E-state index contributed by atoms with van der Waals surface area (Å²) in [5.41, 5.74) is 0.516. The van der Waals surface area contributed by atoms with Crippen LogP contribution in [0.1, 0.15) is 25.0 Å². The van der Waals surface area contributed by atoms with Gasteiger partial charge in [0, 0.05) is 12.6 Å². The van der Waals surface area contributed by atoms with E-state index in [9.17, 15) is 8.42 Å². The van der Waals surface area contributed by atoms with E-state index in [0.717, 1.165) is 24.2 Å². The molecular formula is C10H13ClN2O2S2. The van der Waals surface area contributed by atoms with Gasteiger partial charge in [-0.15, -0.1) is 0 Å². The van der Waals surface area contributed by atoms with E-state index in [0.29, 0.717) is 26.8 Å². The lowest BCUT2D eigenvalue weighted by Crippen LogP contribution is -2.37. The maximum atomic E-state index is 12.5. The minimum Gasteiger partial charge on any atom is -0.229 e. The van der Waals surface area contributed by atoms with Gasteiger partial charge in [-0.25, -0.2) is 13.4 Å². The maximum absolute atomic E-state index is 12.5. The number of hydrogen-bond donors (Lipinski definition) is 0. The number of aromatic nitrogens is 1. The molecule has 1 aliphatic carbocycles. The molecule has 2 heterocycles. The molecule has 2 aliphatic rings. The van der Waals surface area contributed by atoms with Crippen molar-refractivity contribution in [2.45, 2.75) is 36.4 Å². The average Bonchev–Trinajstić information content (AvgIpc) is 2.92. The lowest BCUT2D eigenvalue weighted by Gasteiger charge is -2.25. The molecule has 2 unspecified atom stereocenters. The number of nitrogens with zero attached hydrogens (tertiary/aromatic N) is 2. The molecule has 0 N–H and O–H groups in total. The highest BCUT2D eigenvalue weighted by molar-refractivity contribution is 7.91. The molecular weight excluding hydrogens is 280 g/mol. The van der Waals surface area contributed by atoms with Crippen molar-refractivity contribution in [3.8, 4) is 0 Å². The first kappa shape index (κ1) is 11.9. The van der Waals surface area contributed by atoms with E-state index >= 15 is 0 Å². The van der Waals surface area contributed by atoms with Crippen LogP contribution >= 0.6 is 22.9 Å². The van der Waals surface area contributed by atoms with E-state index in [1.165, 1.54) is 6.42 Å². The normalized spacial score (nSPS) is 29.1. The summed E-state index contributed by atoms with van der Waals surface area (Å²) in [4.78, 5) is 3.99. The Balaban J connectivity index is 1.99. The van der Waals surface area contributed by atoms with E-state index in [1.807, 2.05) is 0 Å². The molecule has 0 radical (unpaired) electrons. The first-order valence-corrected chi connectivity index (χ1v) is 8.26. The Morgan fingerprint density at radius 1 is 1.47 bits per heavy atom. The summed E-state index contributed by atoms with van der Waals surface area (Å²) in [6.07, 6.45) is 3.18.